The third kappa shape index (κ3) is 5.66. The predicted molar refractivity (Wildman–Crippen MR) is 135 cm³/mol. The Hall–Kier alpha value is -4.14. The van der Waals surface area contributed by atoms with Gasteiger partial charge in [0, 0.05) is 25.0 Å². The lowest BCUT2D eigenvalue weighted by atomic mass is 9.94. The fourth-order valence-electron chi connectivity index (χ4n) is 4.86. The van der Waals surface area contributed by atoms with Crippen molar-refractivity contribution in [1.29, 1.82) is 0 Å². The minimum atomic E-state index is -0.896. The second-order valence-electron chi connectivity index (χ2n) is 9.23. The van der Waals surface area contributed by atoms with E-state index in [-0.39, 0.29) is 31.0 Å². The zero-order chi connectivity index (χ0) is 25.6. The van der Waals surface area contributed by atoms with E-state index in [1.165, 1.54) is 25.0 Å². The Morgan fingerprint density at radius 3 is 2.57 bits per heavy atom. The zero-order valence-corrected chi connectivity index (χ0v) is 20.8. The van der Waals surface area contributed by atoms with Gasteiger partial charge in [-0.15, -0.1) is 0 Å². The Morgan fingerprint density at radius 1 is 1.05 bits per heavy atom. The van der Waals surface area contributed by atoms with Crippen LogP contribution in [0.4, 0.5) is 0 Å². The van der Waals surface area contributed by atoms with E-state index >= 15 is 0 Å². The van der Waals surface area contributed by atoms with E-state index in [9.17, 15) is 9.59 Å². The largest absolute Gasteiger partial charge is 0.497 e. The maximum absolute atomic E-state index is 13.9. The molecule has 1 unspecified atom stereocenters. The van der Waals surface area contributed by atoms with Gasteiger partial charge in [0.15, 0.2) is 11.5 Å². The van der Waals surface area contributed by atoms with Gasteiger partial charge in [-0.05, 0) is 48.2 Å². The van der Waals surface area contributed by atoms with Crippen LogP contribution in [0.1, 0.15) is 59.8 Å². The average Bonchev–Trinajstić information content (AvgIpc) is 3.42. The highest BCUT2D eigenvalue weighted by atomic mass is 16.7. The van der Waals surface area contributed by atoms with E-state index in [2.05, 4.69) is 15.3 Å². The number of carbonyl (C=O) groups excluding carboxylic acids is 2. The predicted octanol–water partition coefficient (Wildman–Crippen LogP) is 4.05. The summed E-state index contributed by atoms with van der Waals surface area (Å²) < 4.78 is 16.3. The number of aromatic nitrogens is 2. The molecule has 1 saturated carbocycles. The van der Waals surface area contributed by atoms with Crippen LogP contribution in [-0.4, -0.2) is 46.6 Å². The highest BCUT2D eigenvalue weighted by molar-refractivity contribution is 5.96. The molecule has 192 valence electrons. The van der Waals surface area contributed by atoms with Gasteiger partial charge in [-0.1, -0.05) is 37.5 Å². The molecule has 1 fully saturated rings. The summed E-state index contributed by atoms with van der Waals surface area (Å²) in [6.45, 7) is 0.306. The van der Waals surface area contributed by atoms with Gasteiger partial charge in [-0.25, -0.2) is 4.98 Å². The first kappa shape index (κ1) is 24.5. The molecule has 2 heterocycles. The molecule has 9 heteroatoms. The highest BCUT2D eigenvalue weighted by Gasteiger charge is 2.34. The maximum atomic E-state index is 13.9. The summed E-state index contributed by atoms with van der Waals surface area (Å²) in [6.07, 6.45) is 9.60. The second kappa shape index (κ2) is 11.3. The number of hydrogen-bond acceptors (Lipinski definition) is 7. The van der Waals surface area contributed by atoms with Gasteiger partial charge >= 0.3 is 0 Å². The van der Waals surface area contributed by atoms with Crippen molar-refractivity contribution in [2.24, 2.45) is 0 Å². The van der Waals surface area contributed by atoms with Gasteiger partial charge in [0.1, 0.15) is 17.5 Å². The van der Waals surface area contributed by atoms with Crippen molar-refractivity contribution in [2.45, 2.75) is 50.7 Å². The first-order chi connectivity index (χ1) is 18.1. The van der Waals surface area contributed by atoms with Gasteiger partial charge in [0.2, 0.25) is 12.7 Å². The van der Waals surface area contributed by atoms with E-state index in [4.69, 9.17) is 14.2 Å². The van der Waals surface area contributed by atoms with Crippen molar-refractivity contribution in [3.63, 3.8) is 0 Å². The molecule has 3 aromatic rings. The van der Waals surface area contributed by atoms with Crippen molar-refractivity contribution in [3.8, 4) is 17.2 Å². The fraction of sp³-hybridized carbons (Fsp3) is 0.357. The van der Waals surface area contributed by atoms with Gasteiger partial charge in [0.05, 0.1) is 13.3 Å². The van der Waals surface area contributed by atoms with E-state index in [0.29, 0.717) is 22.8 Å². The first-order valence-corrected chi connectivity index (χ1v) is 12.5. The number of carbonyl (C=O) groups is 2. The molecule has 1 N–H and O–H groups in total. The van der Waals surface area contributed by atoms with Crippen LogP contribution in [0.3, 0.4) is 0 Å². The summed E-state index contributed by atoms with van der Waals surface area (Å²) >= 11 is 0. The van der Waals surface area contributed by atoms with Crippen LogP contribution < -0.4 is 19.5 Å². The molecule has 0 saturated heterocycles. The van der Waals surface area contributed by atoms with Crippen LogP contribution in [-0.2, 0) is 11.3 Å². The first-order valence-electron chi connectivity index (χ1n) is 12.5. The van der Waals surface area contributed by atoms with Crippen molar-refractivity contribution in [1.82, 2.24) is 20.2 Å². The Labute approximate surface area is 215 Å². The maximum Gasteiger partial charge on any atom is 0.275 e. The molecule has 1 aliphatic carbocycles. The zero-order valence-electron chi connectivity index (χ0n) is 20.8. The Kier molecular flexibility index (Phi) is 7.49. The topological polar surface area (TPSA) is 103 Å². The smallest absolute Gasteiger partial charge is 0.275 e. The fourth-order valence-corrected chi connectivity index (χ4v) is 4.86. The number of rotatable bonds is 8. The van der Waals surface area contributed by atoms with Crippen LogP contribution >= 0.6 is 0 Å². The minimum Gasteiger partial charge on any atom is -0.497 e. The number of nitrogens with one attached hydrogen (secondary N) is 1. The molecule has 9 nitrogen and oxygen atoms in total. The Balaban J connectivity index is 1.53. The lowest BCUT2D eigenvalue weighted by Crippen LogP contribution is -2.47. The van der Waals surface area contributed by atoms with Gasteiger partial charge in [-0.2, -0.15) is 0 Å². The van der Waals surface area contributed by atoms with Gasteiger partial charge in [-0.3, -0.25) is 14.6 Å². The van der Waals surface area contributed by atoms with Crippen molar-refractivity contribution >= 4 is 11.8 Å². The molecular weight excluding hydrogens is 472 g/mol. The molecule has 1 atom stereocenters. The number of amides is 2. The lowest BCUT2D eigenvalue weighted by Gasteiger charge is -2.33. The van der Waals surface area contributed by atoms with Crippen molar-refractivity contribution < 1.29 is 23.8 Å². The third-order valence-corrected chi connectivity index (χ3v) is 6.78. The van der Waals surface area contributed by atoms with E-state index in [1.54, 1.807) is 24.1 Å². The van der Waals surface area contributed by atoms with Crippen LogP contribution in [0.2, 0.25) is 0 Å². The van der Waals surface area contributed by atoms with Crippen molar-refractivity contribution in [2.75, 3.05) is 13.9 Å². The molecule has 0 radical (unpaired) electrons. The van der Waals surface area contributed by atoms with Crippen LogP contribution in [0.15, 0.2) is 61.1 Å². The summed E-state index contributed by atoms with van der Waals surface area (Å²) in [5.74, 6) is 1.30. The number of fused-ring (bicyclic) bond motifs is 1. The normalized spacial score (nSPS) is 15.6. The number of methoxy groups -OCH3 is 1. The molecule has 1 aromatic heterocycles. The quantitative estimate of drug-likeness (QED) is 0.496. The highest BCUT2D eigenvalue weighted by Crippen LogP contribution is 2.34. The summed E-state index contributed by atoms with van der Waals surface area (Å²) in [6, 6.07) is 11.9. The van der Waals surface area contributed by atoms with Gasteiger partial charge in [0.25, 0.3) is 5.91 Å². The number of nitrogens with zero attached hydrogens (tertiary/aromatic N) is 3. The Morgan fingerprint density at radius 2 is 1.84 bits per heavy atom. The van der Waals surface area contributed by atoms with Crippen LogP contribution in [0, 0.1) is 0 Å². The summed E-state index contributed by atoms with van der Waals surface area (Å²) in [5.41, 5.74) is 1.63. The van der Waals surface area contributed by atoms with Gasteiger partial charge < -0.3 is 24.4 Å². The molecule has 0 spiro atoms. The Bertz CT molecular complexity index is 1230. The average molecular weight is 503 g/mol. The summed E-state index contributed by atoms with van der Waals surface area (Å²) in [7, 11) is 1.59. The van der Waals surface area contributed by atoms with E-state index in [1.807, 2.05) is 30.3 Å². The monoisotopic (exact) mass is 502 g/mol. The second-order valence-corrected chi connectivity index (χ2v) is 9.23. The molecular formula is C28H30N4O5. The molecule has 2 amide bonds. The summed E-state index contributed by atoms with van der Waals surface area (Å²) in [5, 5.41) is 3.22. The molecule has 1 aliphatic heterocycles. The SMILES string of the molecule is COc1ccc(C(C(=O)NC2CCCCC2)N(Cc2ccc3c(c2)OCO3)C(=O)c2cnccn2)cc1. The molecule has 2 aliphatic rings. The molecule has 2 aromatic carbocycles. The van der Waals surface area contributed by atoms with Crippen LogP contribution in [0.5, 0.6) is 17.2 Å². The third-order valence-electron chi connectivity index (χ3n) is 6.78. The lowest BCUT2D eigenvalue weighted by molar-refractivity contribution is -0.127. The number of ether oxygens (including phenoxy) is 3. The molecule has 5 rings (SSSR count). The molecule has 0 bridgehead atoms. The van der Waals surface area contributed by atoms with E-state index < -0.39 is 11.9 Å². The van der Waals surface area contributed by atoms with Crippen LogP contribution in [0.25, 0.3) is 0 Å². The number of benzene rings is 2. The minimum absolute atomic E-state index is 0.0843. The molecule has 37 heavy (non-hydrogen) atoms. The van der Waals surface area contributed by atoms with Crippen molar-refractivity contribution in [3.05, 3.63) is 77.9 Å². The van der Waals surface area contributed by atoms with E-state index in [0.717, 1.165) is 31.2 Å². The standard InChI is InChI=1S/C28H30N4O5/c1-35-22-10-8-20(9-11-22)26(27(33)31-21-5-3-2-4-6-21)32(28(34)23-16-29-13-14-30-23)17-19-7-12-24-25(15-19)37-18-36-24/h7-16,21,26H,2-6,17-18H2,1H3,(H,31,33). The number of hydrogen-bond donors (Lipinski definition) is 1. The summed E-state index contributed by atoms with van der Waals surface area (Å²) in [4.78, 5) is 37.6.